The standard InChI is InChI=1S/C29H31Cl4N3O4S/c1-3-34-29(38)27(17-20-9-5-4-6-10-20)35(19-22-23(31)11-7-12-24(22)32)28(37)13-8-16-36(41(2,39)40)26-18-21(30)14-15-25(26)33/h4-7,9-12,14-15,18,27H,3,8,13,16-17,19H2,1-2H3,(H,34,38)/t27-/m1/s1. The number of nitrogens with one attached hydrogen (secondary N) is 1. The van der Waals surface area contributed by atoms with Crippen LogP contribution in [0.15, 0.2) is 66.7 Å². The Kier molecular flexibility index (Phi) is 12.2. The van der Waals surface area contributed by atoms with Crippen LogP contribution in [0, 0.1) is 0 Å². The normalized spacial score (nSPS) is 12.0. The number of hydrogen-bond donors (Lipinski definition) is 1. The Balaban J connectivity index is 1.92. The van der Waals surface area contributed by atoms with Gasteiger partial charge < -0.3 is 10.2 Å². The largest absolute Gasteiger partial charge is 0.355 e. The highest BCUT2D eigenvalue weighted by Gasteiger charge is 2.31. The molecule has 3 aromatic carbocycles. The molecule has 0 heterocycles. The Bertz CT molecular complexity index is 1450. The van der Waals surface area contributed by atoms with Gasteiger partial charge >= 0.3 is 0 Å². The van der Waals surface area contributed by atoms with Crippen molar-refractivity contribution in [2.45, 2.75) is 38.8 Å². The third-order valence-electron chi connectivity index (χ3n) is 6.34. The summed E-state index contributed by atoms with van der Waals surface area (Å²) < 4.78 is 26.4. The predicted octanol–water partition coefficient (Wildman–Crippen LogP) is 6.62. The molecule has 1 atom stereocenters. The van der Waals surface area contributed by atoms with Crippen LogP contribution in [-0.4, -0.2) is 50.5 Å². The minimum atomic E-state index is -3.75. The van der Waals surface area contributed by atoms with Crippen LogP contribution in [-0.2, 0) is 32.6 Å². The van der Waals surface area contributed by atoms with E-state index in [0.29, 0.717) is 27.2 Å². The van der Waals surface area contributed by atoms with Gasteiger partial charge in [0.25, 0.3) is 0 Å². The summed E-state index contributed by atoms with van der Waals surface area (Å²) in [6.45, 7) is 2.13. The first-order valence-corrected chi connectivity index (χ1v) is 16.2. The topological polar surface area (TPSA) is 86.8 Å². The zero-order valence-corrected chi connectivity index (χ0v) is 26.5. The quantitative estimate of drug-likeness (QED) is 0.224. The summed E-state index contributed by atoms with van der Waals surface area (Å²) in [6, 6.07) is 18.1. The molecule has 0 fully saturated rings. The van der Waals surface area contributed by atoms with E-state index in [1.165, 1.54) is 17.0 Å². The van der Waals surface area contributed by atoms with Crippen molar-refractivity contribution in [1.82, 2.24) is 10.2 Å². The van der Waals surface area contributed by atoms with Gasteiger partial charge in [0.2, 0.25) is 21.8 Å². The molecule has 41 heavy (non-hydrogen) atoms. The number of benzene rings is 3. The number of sulfonamides is 1. The van der Waals surface area contributed by atoms with Crippen LogP contribution in [0.2, 0.25) is 20.1 Å². The highest BCUT2D eigenvalue weighted by atomic mass is 35.5. The molecule has 0 aromatic heterocycles. The van der Waals surface area contributed by atoms with Gasteiger partial charge in [-0.3, -0.25) is 13.9 Å². The van der Waals surface area contributed by atoms with Gasteiger partial charge in [0, 0.05) is 53.1 Å². The Morgan fingerprint density at radius 3 is 2.17 bits per heavy atom. The van der Waals surface area contributed by atoms with Gasteiger partial charge in [-0.15, -0.1) is 0 Å². The molecule has 0 aliphatic rings. The molecule has 220 valence electrons. The fourth-order valence-corrected chi connectivity index (χ4v) is 6.28. The van der Waals surface area contributed by atoms with Crippen LogP contribution < -0.4 is 9.62 Å². The lowest BCUT2D eigenvalue weighted by molar-refractivity contribution is -0.141. The van der Waals surface area contributed by atoms with E-state index < -0.39 is 16.1 Å². The number of carbonyl (C=O) groups is 2. The van der Waals surface area contributed by atoms with Crippen molar-refractivity contribution in [3.8, 4) is 0 Å². The molecule has 3 rings (SSSR count). The third kappa shape index (κ3) is 9.25. The van der Waals surface area contributed by atoms with Crippen molar-refractivity contribution in [2.75, 3.05) is 23.7 Å². The van der Waals surface area contributed by atoms with Crippen molar-refractivity contribution in [3.63, 3.8) is 0 Å². The second-order valence-corrected chi connectivity index (χ2v) is 12.9. The van der Waals surface area contributed by atoms with Crippen LogP contribution in [0.3, 0.4) is 0 Å². The SMILES string of the molecule is CCNC(=O)[C@@H](Cc1ccccc1)N(Cc1c(Cl)cccc1Cl)C(=O)CCCN(c1cc(Cl)ccc1Cl)S(C)(=O)=O. The van der Waals surface area contributed by atoms with Crippen molar-refractivity contribution in [1.29, 1.82) is 0 Å². The van der Waals surface area contributed by atoms with E-state index in [2.05, 4.69) is 5.32 Å². The van der Waals surface area contributed by atoms with Gasteiger partial charge in [-0.2, -0.15) is 0 Å². The molecule has 7 nitrogen and oxygen atoms in total. The van der Waals surface area contributed by atoms with Crippen LogP contribution in [0.25, 0.3) is 0 Å². The zero-order valence-electron chi connectivity index (χ0n) is 22.6. The molecule has 0 spiro atoms. The first-order valence-electron chi connectivity index (χ1n) is 12.9. The maximum Gasteiger partial charge on any atom is 0.243 e. The van der Waals surface area contributed by atoms with Crippen molar-refractivity contribution in [2.24, 2.45) is 0 Å². The third-order valence-corrected chi connectivity index (χ3v) is 8.78. The molecule has 12 heteroatoms. The second-order valence-electron chi connectivity index (χ2n) is 9.36. The molecule has 0 aliphatic heterocycles. The predicted molar refractivity (Wildman–Crippen MR) is 168 cm³/mol. The maximum absolute atomic E-state index is 13.8. The molecule has 0 saturated carbocycles. The average molecular weight is 659 g/mol. The summed E-state index contributed by atoms with van der Waals surface area (Å²) in [5, 5.41) is 4.09. The minimum Gasteiger partial charge on any atom is -0.355 e. The van der Waals surface area contributed by atoms with Crippen LogP contribution in [0.4, 0.5) is 5.69 Å². The summed E-state index contributed by atoms with van der Waals surface area (Å²) in [4.78, 5) is 28.6. The van der Waals surface area contributed by atoms with Gasteiger partial charge in [-0.05, 0) is 49.2 Å². The van der Waals surface area contributed by atoms with Crippen molar-refractivity contribution in [3.05, 3.63) is 97.9 Å². The molecule has 1 N–H and O–H groups in total. The van der Waals surface area contributed by atoms with Gasteiger partial charge in [0.1, 0.15) is 6.04 Å². The lowest BCUT2D eigenvalue weighted by Gasteiger charge is -2.32. The van der Waals surface area contributed by atoms with E-state index in [0.717, 1.165) is 16.1 Å². The van der Waals surface area contributed by atoms with E-state index in [1.54, 1.807) is 31.2 Å². The highest BCUT2D eigenvalue weighted by Crippen LogP contribution is 2.31. The van der Waals surface area contributed by atoms with Crippen molar-refractivity contribution < 1.29 is 18.0 Å². The maximum atomic E-state index is 13.8. The fourth-order valence-electron chi connectivity index (χ4n) is 4.36. The monoisotopic (exact) mass is 657 g/mol. The smallest absolute Gasteiger partial charge is 0.243 e. The van der Waals surface area contributed by atoms with Crippen LogP contribution in [0.5, 0.6) is 0 Å². The zero-order chi connectivity index (χ0) is 30.2. The summed E-state index contributed by atoms with van der Waals surface area (Å²) in [7, 11) is -3.75. The average Bonchev–Trinajstić information content (AvgIpc) is 2.91. The first kappa shape index (κ1) is 33.0. The van der Waals surface area contributed by atoms with E-state index in [9.17, 15) is 18.0 Å². The summed E-state index contributed by atoms with van der Waals surface area (Å²) in [6.07, 6.45) is 1.41. The summed E-state index contributed by atoms with van der Waals surface area (Å²) in [5.41, 5.74) is 1.60. The molecule has 2 amide bonds. The van der Waals surface area contributed by atoms with E-state index >= 15 is 0 Å². The molecule has 0 saturated heterocycles. The Labute approximate surface area is 261 Å². The molecule has 0 bridgehead atoms. The molecular weight excluding hydrogens is 628 g/mol. The van der Waals surface area contributed by atoms with E-state index in [-0.39, 0.29) is 54.9 Å². The van der Waals surface area contributed by atoms with E-state index in [1.807, 2.05) is 30.3 Å². The van der Waals surface area contributed by atoms with Crippen LogP contribution in [0.1, 0.15) is 30.9 Å². The van der Waals surface area contributed by atoms with Crippen molar-refractivity contribution >= 4 is 73.9 Å². The van der Waals surface area contributed by atoms with E-state index in [4.69, 9.17) is 46.4 Å². The molecule has 0 radical (unpaired) electrons. The molecular formula is C29H31Cl4N3O4S. The lowest BCUT2D eigenvalue weighted by atomic mass is 10.0. The fraction of sp³-hybridized carbons (Fsp3) is 0.310. The second kappa shape index (κ2) is 15.1. The number of carbonyl (C=O) groups excluding carboxylic acids is 2. The lowest BCUT2D eigenvalue weighted by Crippen LogP contribution is -2.50. The Morgan fingerprint density at radius 2 is 1.56 bits per heavy atom. The molecule has 0 unspecified atom stereocenters. The van der Waals surface area contributed by atoms with Gasteiger partial charge in [0.15, 0.2) is 0 Å². The number of halogens is 4. The van der Waals surface area contributed by atoms with Gasteiger partial charge in [-0.1, -0.05) is 82.8 Å². The number of anilines is 1. The van der Waals surface area contributed by atoms with Crippen LogP contribution >= 0.6 is 46.4 Å². The highest BCUT2D eigenvalue weighted by molar-refractivity contribution is 7.92. The Morgan fingerprint density at radius 1 is 0.902 bits per heavy atom. The van der Waals surface area contributed by atoms with Gasteiger partial charge in [-0.25, -0.2) is 8.42 Å². The first-order chi connectivity index (χ1) is 19.4. The summed E-state index contributed by atoms with van der Waals surface area (Å²) in [5.74, 6) is -0.685. The Hall–Kier alpha value is -2.49. The molecule has 3 aromatic rings. The summed E-state index contributed by atoms with van der Waals surface area (Å²) >= 11 is 25.3. The molecule has 0 aliphatic carbocycles. The minimum absolute atomic E-state index is 0.0120. The number of likely N-dealkylation sites (N-methyl/N-ethyl adjacent to an activating group) is 1. The number of amides is 2. The number of rotatable bonds is 13. The number of hydrogen-bond acceptors (Lipinski definition) is 4. The van der Waals surface area contributed by atoms with Gasteiger partial charge in [0.05, 0.1) is 17.0 Å². The number of nitrogens with zero attached hydrogens (tertiary/aromatic N) is 2.